The molecule has 0 bridgehead atoms. The highest BCUT2D eigenvalue weighted by atomic mass is 32.1. The van der Waals surface area contributed by atoms with Gasteiger partial charge < -0.3 is 10.6 Å². The van der Waals surface area contributed by atoms with Crippen molar-refractivity contribution in [3.63, 3.8) is 0 Å². The largest absolute Gasteiger partial charge is 0.373 e. The van der Waals surface area contributed by atoms with E-state index in [4.69, 9.17) is 0 Å². The lowest BCUT2D eigenvalue weighted by molar-refractivity contribution is 0.0965. The Morgan fingerprint density at radius 2 is 2.12 bits per heavy atom. The Kier molecular flexibility index (Phi) is 2.28. The van der Waals surface area contributed by atoms with Gasteiger partial charge in [0.05, 0.1) is 22.0 Å². The quantitative estimate of drug-likeness (QED) is 0.777. The summed E-state index contributed by atoms with van der Waals surface area (Å²) in [5, 5.41) is 9.12. The fraction of sp³-hybridized carbons (Fsp3) is 0.150. The van der Waals surface area contributed by atoms with Crippen LogP contribution in [0.25, 0.3) is 21.7 Å². The number of carbonyl (C=O) groups excluding carboxylic acids is 1. The standard InChI is InChI=1S/C20H14N2OS/c23-20-17-12(9-21-20)15-11-6-2-4-8-14(11)24-19(15)18-16(17)10-5-1-3-7-13(10)22-18/h1-5,7-8,13,22H,6,9H2,(H,21,23). The second-order valence-corrected chi connectivity index (χ2v) is 7.61. The van der Waals surface area contributed by atoms with Gasteiger partial charge in [0.1, 0.15) is 0 Å². The van der Waals surface area contributed by atoms with Gasteiger partial charge in [0, 0.05) is 21.7 Å². The van der Waals surface area contributed by atoms with Gasteiger partial charge in [-0.3, -0.25) is 4.79 Å². The summed E-state index contributed by atoms with van der Waals surface area (Å²) in [5.74, 6) is 0.0661. The van der Waals surface area contributed by atoms with Gasteiger partial charge in [0.25, 0.3) is 5.91 Å². The van der Waals surface area contributed by atoms with Gasteiger partial charge in [-0.2, -0.15) is 0 Å². The number of benzene rings is 1. The molecule has 0 saturated carbocycles. The molecule has 3 heterocycles. The molecule has 4 heteroatoms. The Bertz CT molecular complexity index is 1180. The van der Waals surface area contributed by atoms with E-state index in [0.717, 1.165) is 22.9 Å². The Morgan fingerprint density at radius 1 is 1.17 bits per heavy atom. The highest BCUT2D eigenvalue weighted by Crippen LogP contribution is 2.38. The third kappa shape index (κ3) is 1.41. The second-order valence-electron chi connectivity index (χ2n) is 6.56. The molecule has 6 rings (SSSR count). The van der Waals surface area contributed by atoms with Crippen molar-refractivity contribution < 1.29 is 4.79 Å². The maximum Gasteiger partial charge on any atom is 0.252 e. The minimum atomic E-state index is 0.0661. The smallest absolute Gasteiger partial charge is 0.252 e. The van der Waals surface area contributed by atoms with Crippen LogP contribution in [0.4, 0.5) is 5.69 Å². The van der Waals surface area contributed by atoms with Gasteiger partial charge in [0.2, 0.25) is 0 Å². The molecular formula is C20H14N2OS. The lowest BCUT2D eigenvalue weighted by Gasteiger charge is -2.12. The SMILES string of the molecule is O=C1NCc2c1c1c(c3sc4c(c23)CC=CC=4)NC2C=CC=CC=12. The molecule has 1 unspecified atom stereocenters. The molecule has 4 aliphatic rings. The molecule has 0 spiro atoms. The van der Waals surface area contributed by atoms with Gasteiger partial charge in [-0.05, 0) is 29.2 Å². The topological polar surface area (TPSA) is 41.1 Å². The van der Waals surface area contributed by atoms with Crippen molar-refractivity contribution in [2.75, 3.05) is 5.32 Å². The maximum atomic E-state index is 12.6. The van der Waals surface area contributed by atoms with Crippen LogP contribution in [-0.4, -0.2) is 11.9 Å². The number of fused-ring (bicyclic) bond motifs is 9. The van der Waals surface area contributed by atoms with Gasteiger partial charge >= 0.3 is 0 Å². The van der Waals surface area contributed by atoms with Crippen LogP contribution in [0.15, 0.2) is 36.5 Å². The van der Waals surface area contributed by atoms with Crippen molar-refractivity contribution in [3.8, 4) is 0 Å². The molecule has 1 atom stereocenters. The van der Waals surface area contributed by atoms with Crippen LogP contribution in [0.5, 0.6) is 0 Å². The van der Waals surface area contributed by atoms with Gasteiger partial charge in [-0.25, -0.2) is 0 Å². The second kappa shape index (κ2) is 4.28. The summed E-state index contributed by atoms with van der Waals surface area (Å²) in [5.41, 5.74) is 5.81. The van der Waals surface area contributed by atoms with Crippen molar-refractivity contribution >= 4 is 44.7 Å². The number of carbonyl (C=O) groups is 1. The van der Waals surface area contributed by atoms with Crippen molar-refractivity contribution in [1.29, 1.82) is 0 Å². The minimum Gasteiger partial charge on any atom is -0.373 e. The third-order valence-electron chi connectivity index (χ3n) is 5.34. The molecule has 2 aliphatic heterocycles. The minimum absolute atomic E-state index is 0.0661. The molecule has 116 valence electrons. The molecule has 2 aromatic rings. The Labute approximate surface area is 142 Å². The molecular weight excluding hydrogens is 316 g/mol. The predicted molar refractivity (Wildman–Crippen MR) is 98.7 cm³/mol. The van der Waals surface area contributed by atoms with E-state index in [2.05, 4.69) is 53.2 Å². The lowest BCUT2D eigenvalue weighted by atomic mass is 9.94. The van der Waals surface area contributed by atoms with Crippen molar-refractivity contribution in [1.82, 2.24) is 5.32 Å². The number of rotatable bonds is 0. The fourth-order valence-electron chi connectivity index (χ4n) is 4.34. The third-order valence-corrected chi connectivity index (χ3v) is 6.56. The number of allylic oxidation sites excluding steroid dienone is 4. The van der Waals surface area contributed by atoms with E-state index in [-0.39, 0.29) is 11.9 Å². The van der Waals surface area contributed by atoms with Gasteiger partial charge in [-0.1, -0.05) is 36.5 Å². The summed E-state index contributed by atoms with van der Waals surface area (Å²) >= 11 is 1.85. The molecule has 24 heavy (non-hydrogen) atoms. The average Bonchev–Trinajstić information content (AvgIpc) is 3.27. The molecule has 2 aliphatic carbocycles. The Morgan fingerprint density at radius 3 is 3.08 bits per heavy atom. The first kappa shape index (κ1) is 12.8. The molecule has 3 nitrogen and oxygen atoms in total. The number of thiophene rings is 1. The van der Waals surface area contributed by atoms with Gasteiger partial charge in [-0.15, -0.1) is 11.3 Å². The monoisotopic (exact) mass is 330 g/mol. The zero-order valence-corrected chi connectivity index (χ0v) is 13.7. The first-order valence-corrected chi connectivity index (χ1v) is 9.05. The molecule has 0 saturated heterocycles. The molecule has 0 radical (unpaired) electrons. The number of nitrogens with one attached hydrogen (secondary N) is 2. The number of hydrogen-bond acceptors (Lipinski definition) is 3. The first-order chi connectivity index (χ1) is 11.8. The summed E-state index contributed by atoms with van der Waals surface area (Å²) in [6, 6.07) is 0.175. The van der Waals surface area contributed by atoms with Crippen LogP contribution in [0.2, 0.25) is 0 Å². The van der Waals surface area contributed by atoms with E-state index in [9.17, 15) is 4.79 Å². The summed E-state index contributed by atoms with van der Waals surface area (Å²) in [7, 11) is 0. The predicted octanol–water partition coefficient (Wildman–Crippen LogP) is 2.11. The average molecular weight is 330 g/mol. The molecule has 0 fully saturated rings. The van der Waals surface area contributed by atoms with Crippen molar-refractivity contribution in [3.05, 3.63) is 62.9 Å². The van der Waals surface area contributed by atoms with Crippen LogP contribution in [0.1, 0.15) is 21.5 Å². The van der Waals surface area contributed by atoms with Crippen molar-refractivity contribution in [2.24, 2.45) is 0 Å². The molecule has 1 aromatic carbocycles. The van der Waals surface area contributed by atoms with E-state index in [0.29, 0.717) is 6.54 Å². The number of hydrogen-bond donors (Lipinski definition) is 2. The zero-order valence-electron chi connectivity index (χ0n) is 12.8. The van der Waals surface area contributed by atoms with Crippen LogP contribution in [-0.2, 0) is 13.0 Å². The summed E-state index contributed by atoms with van der Waals surface area (Å²) in [6.07, 6.45) is 15.9. The maximum absolute atomic E-state index is 12.6. The summed E-state index contributed by atoms with van der Waals surface area (Å²) < 4.78 is 2.63. The van der Waals surface area contributed by atoms with Crippen molar-refractivity contribution in [2.45, 2.75) is 19.0 Å². The Hall–Kier alpha value is -2.59. The van der Waals surface area contributed by atoms with Crippen LogP contribution < -0.4 is 20.4 Å². The highest BCUT2D eigenvalue weighted by Gasteiger charge is 2.33. The fourth-order valence-corrected chi connectivity index (χ4v) is 5.63. The van der Waals surface area contributed by atoms with E-state index in [1.165, 1.54) is 31.3 Å². The van der Waals surface area contributed by atoms with Crippen LogP contribution in [0, 0.1) is 0 Å². The summed E-state index contributed by atoms with van der Waals surface area (Å²) in [6.45, 7) is 0.641. The van der Waals surface area contributed by atoms with E-state index >= 15 is 0 Å². The number of amides is 1. The normalized spacial score (nSPS) is 21.9. The summed E-state index contributed by atoms with van der Waals surface area (Å²) in [4.78, 5) is 12.6. The molecule has 2 N–H and O–H groups in total. The lowest BCUT2D eigenvalue weighted by Crippen LogP contribution is -2.21. The van der Waals surface area contributed by atoms with Crippen LogP contribution >= 0.6 is 11.3 Å². The van der Waals surface area contributed by atoms with E-state index < -0.39 is 0 Å². The van der Waals surface area contributed by atoms with Crippen LogP contribution in [0.3, 0.4) is 0 Å². The molecule has 1 amide bonds. The Balaban J connectivity index is 1.87. The van der Waals surface area contributed by atoms with E-state index in [1.807, 2.05) is 11.3 Å². The molecule has 1 aromatic heterocycles. The van der Waals surface area contributed by atoms with Gasteiger partial charge in [0.15, 0.2) is 0 Å². The highest BCUT2D eigenvalue weighted by molar-refractivity contribution is 7.18. The van der Waals surface area contributed by atoms with E-state index in [1.54, 1.807) is 0 Å². The zero-order chi connectivity index (χ0) is 15.8. The number of anilines is 1. The first-order valence-electron chi connectivity index (χ1n) is 8.24.